The molecule has 104 valence electrons. The number of nitrogens with zero attached hydrogens (tertiary/aromatic N) is 1. The van der Waals surface area contributed by atoms with Gasteiger partial charge < -0.3 is 21.1 Å². The summed E-state index contributed by atoms with van der Waals surface area (Å²) in [6.07, 6.45) is 1.63. The molecule has 0 spiro atoms. The second-order valence-electron chi connectivity index (χ2n) is 4.14. The molecule has 4 N–H and O–H groups in total. The number of anilines is 2. The molecule has 6 heteroatoms. The number of pyridine rings is 1. The van der Waals surface area contributed by atoms with E-state index in [4.69, 9.17) is 10.5 Å². The van der Waals surface area contributed by atoms with Crippen LogP contribution in [0.3, 0.4) is 0 Å². The van der Waals surface area contributed by atoms with E-state index >= 15 is 0 Å². The minimum absolute atomic E-state index is 0.300. The van der Waals surface area contributed by atoms with E-state index in [0.29, 0.717) is 23.8 Å². The number of ether oxygens (including phenoxy) is 1. The van der Waals surface area contributed by atoms with Crippen LogP contribution in [0.1, 0.15) is 5.56 Å². The first kappa shape index (κ1) is 13.7. The monoisotopic (exact) mass is 272 g/mol. The summed E-state index contributed by atoms with van der Waals surface area (Å²) in [6, 6.07) is 10.3. The van der Waals surface area contributed by atoms with Crippen LogP contribution in [0, 0.1) is 0 Å². The zero-order valence-electron chi connectivity index (χ0n) is 11.1. The van der Waals surface area contributed by atoms with Crippen molar-refractivity contribution in [3.05, 3.63) is 48.2 Å². The minimum atomic E-state index is -0.300. The predicted molar refractivity (Wildman–Crippen MR) is 77.5 cm³/mol. The van der Waals surface area contributed by atoms with Gasteiger partial charge in [0.25, 0.3) is 0 Å². The van der Waals surface area contributed by atoms with Gasteiger partial charge in [-0.15, -0.1) is 0 Å². The lowest BCUT2D eigenvalue weighted by Gasteiger charge is -2.08. The topological polar surface area (TPSA) is 89.3 Å². The Morgan fingerprint density at radius 1 is 1.35 bits per heavy atom. The lowest BCUT2D eigenvalue weighted by molar-refractivity contribution is 0.251. The summed E-state index contributed by atoms with van der Waals surface area (Å²) >= 11 is 0. The van der Waals surface area contributed by atoms with Crippen LogP contribution in [0.5, 0.6) is 5.88 Å². The Balaban J connectivity index is 1.88. The van der Waals surface area contributed by atoms with E-state index in [9.17, 15) is 4.79 Å². The Labute approximate surface area is 117 Å². The number of rotatable bonds is 4. The van der Waals surface area contributed by atoms with Crippen LogP contribution in [-0.2, 0) is 6.54 Å². The van der Waals surface area contributed by atoms with Crippen molar-refractivity contribution in [3.63, 3.8) is 0 Å². The van der Waals surface area contributed by atoms with Crippen molar-refractivity contribution < 1.29 is 9.53 Å². The first-order valence-electron chi connectivity index (χ1n) is 6.06. The molecular formula is C14H16N4O2. The van der Waals surface area contributed by atoms with Gasteiger partial charge in [0.15, 0.2) is 0 Å². The number of nitrogens with one attached hydrogen (secondary N) is 2. The van der Waals surface area contributed by atoms with Crippen molar-refractivity contribution in [1.29, 1.82) is 0 Å². The van der Waals surface area contributed by atoms with Gasteiger partial charge in [0.05, 0.1) is 7.11 Å². The van der Waals surface area contributed by atoms with Crippen molar-refractivity contribution in [1.82, 2.24) is 10.3 Å². The molecule has 0 saturated carbocycles. The summed E-state index contributed by atoms with van der Waals surface area (Å²) in [5.41, 5.74) is 7.79. The molecule has 2 amide bonds. The number of hydrogen-bond acceptors (Lipinski definition) is 4. The largest absolute Gasteiger partial charge is 0.481 e. The van der Waals surface area contributed by atoms with Crippen molar-refractivity contribution in [2.24, 2.45) is 0 Å². The lowest BCUT2D eigenvalue weighted by atomic mass is 10.2. The highest BCUT2D eigenvalue weighted by Crippen LogP contribution is 2.12. The van der Waals surface area contributed by atoms with Gasteiger partial charge in [-0.25, -0.2) is 9.78 Å². The minimum Gasteiger partial charge on any atom is -0.481 e. The molecule has 0 aliphatic heterocycles. The van der Waals surface area contributed by atoms with Crippen molar-refractivity contribution in [3.8, 4) is 5.88 Å². The van der Waals surface area contributed by atoms with Crippen molar-refractivity contribution >= 4 is 17.4 Å². The summed E-state index contributed by atoms with van der Waals surface area (Å²) in [5, 5.41) is 5.45. The number of amides is 2. The number of nitrogen functional groups attached to an aromatic ring is 1. The van der Waals surface area contributed by atoms with Crippen molar-refractivity contribution in [2.45, 2.75) is 6.54 Å². The predicted octanol–water partition coefficient (Wildman–Crippen LogP) is 1.99. The maximum atomic E-state index is 11.7. The number of nitrogens with two attached hydrogens (primary N) is 1. The number of urea groups is 1. The molecule has 1 aromatic carbocycles. The van der Waals surface area contributed by atoms with E-state index in [1.165, 1.54) is 0 Å². The van der Waals surface area contributed by atoms with Crippen LogP contribution >= 0.6 is 0 Å². The molecule has 0 aliphatic carbocycles. The quantitative estimate of drug-likeness (QED) is 0.742. The van der Waals surface area contributed by atoms with Crippen LogP contribution < -0.4 is 21.1 Å². The van der Waals surface area contributed by atoms with Crippen LogP contribution in [0.15, 0.2) is 42.6 Å². The number of methoxy groups -OCH3 is 1. The third kappa shape index (κ3) is 3.88. The van der Waals surface area contributed by atoms with Crippen LogP contribution in [-0.4, -0.2) is 18.1 Å². The Hall–Kier alpha value is -2.76. The van der Waals surface area contributed by atoms with Gasteiger partial charge in [0.1, 0.15) is 0 Å². The summed E-state index contributed by atoms with van der Waals surface area (Å²) in [7, 11) is 1.55. The van der Waals surface area contributed by atoms with Gasteiger partial charge in [-0.2, -0.15) is 0 Å². The number of hydrogen-bond donors (Lipinski definition) is 3. The molecule has 0 aliphatic rings. The maximum absolute atomic E-state index is 11.7. The third-order valence-corrected chi connectivity index (χ3v) is 2.61. The molecule has 0 saturated heterocycles. The van der Waals surface area contributed by atoms with E-state index in [-0.39, 0.29) is 6.03 Å². The second-order valence-corrected chi connectivity index (χ2v) is 4.14. The molecule has 0 atom stereocenters. The highest BCUT2D eigenvalue weighted by atomic mass is 16.5. The molecule has 2 rings (SSSR count). The van der Waals surface area contributed by atoms with Gasteiger partial charge in [-0.1, -0.05) is 6.07 Å². The maximum Gasteiger partial charge on any atom is 0.319 e. The normalized spacial score (nSPS) is 9.85. The van der Waals surface area contributed by atoms with E-state index < -0.39 is 0 Å². The fourth-order valence-electron chi connectivity index (χ4n) is 1.65. The highest BCUT2D eigenvalue weighted by molar-refractivity contribution is 5.89. The van der Waals surface area contributed by atoms with Crippen LogP contribution in [0.2, 0.25) is 0 Å². The zero-order chi connectivity index (χ0) is 14.4. The molecule has 20 heavy (non-hydrogen) atoms. The molecule has 1 aromatic heterocycles. The second kappa shape index (κ2) is 6.42. The Bertz CT molecular complexity index is 601. The van der Waals surface area contributed by atoms with Crippen molar-refractivity contribution in [2.75, 3.05) is 18.2 Å². The van der Waals surface area contributed by atoms with Crippen LogP contribution in [0.4, 0.5) is 16.2 Å². The summed E-state index contributed by atoms with van der Waals surface area (Å²) in [6.45, 7) is 0.382. The Morgan fingerprint density at radius 2 is 2.20 bits per heavy atom. The van der Waals surface area contributed by atoms with E-state index in [1.807, 2.05) is 6.07 Å². The third-order valence-electron chi connectivity index (χ3n) is 2.61. The average molecular weight is 272 g/mol. The standard InChI is InChI=1S/C14H16N4O2/c1-20-13-7-10(5-6-16-13)9-17-14(19)18-12-4-2-3-11(15)8-12/h2-8H,9,15H2,1H3,(H2,17,18,19). The van der Waals surface area contributed by atoms with Gasteiger partial charge in [-0.05, 0) is 29.8 Å². The van der Waals surface area contributed by atoms with E-state index in [1.54, 1.807) is 43.6 Å². The Kier molecular flexibility index (Phi) is 4.39. The van der Waals surface area contributed by atoms with Gasteiger partial charge >= 0.3 is 6.03 Å². The SMILES string of the molecule is COc1cc(CNC(=O)Nc2cccc(N)c2)ccn1. The molecule has 0 unspecified atom stereocenters. The highest BCUT2D eigenvalue weighted by Gasteiger charge is 2.03. The molecule has 6 nitrogen and oxygen atoms in total. The van der Waals surface area contributed by atoms with Gasteiger partial charge in [0.2, 0.25) is 5.88 Å². The molecule has 2 aromatic rings. The lowest BCUT2D eigenvalue weighted by Crippen LogP contribution is -2.28. The smallest absolute Gasteiger partial charge is 0.319 e. The summed E-state index contributed by atoms with van der Waals surface area (Å²) in [4.78, 5) is 15.7. The van der Waals surface area contributed by atoms with E-state index in [2.05, 4.69) is 15.6 Å². The van der Waals surface area contributed by atoms with Gasteiger partial charge in [0, 0.05) is 30.2 Å². The first-order chi connectivity index (χ1) is 9.67. The summed E-state index contributed by atoms with van der Waals surface area (Å²) in [5.74, 6) is 0.514. The molecule has 0 radical (unpaired) electrons. The molecule has 1 heterocycles. The summed E-state index contributed by atoms with van der Waals surface area (Å²) < 4.78 is 5.02. The fourth-order valence-corrected chi connectivity index (χ4v) is 1.65. The Morgan fingerprint density at radius 3 is 2.95 bits per heavy atom. The van der Waals surface area contributed by atoms with Gasteiger partial charge in [-0.3, -0.25) is 0 Å². The average Bonchev–Trinajstić information content (AvgIpc) is 2.45. The zero-order valence-corrected chi connectivity index (χ0v) is 11.1. The molecule has 0 bridgehead atoms. The first-order valence-corrected chi connectivity index (χ1v) is 6.06. The van der Waals surface area contributed by atoms with Crippen LogP contribution in [0.25, 0.3) is 0 Å². The molecular weight excluding hydrogens is 256 g/mol. The number of carbonyl (C=O) groups excluding carboxylic acids is 1. The number of benzene rings is 1. The fraction of sp³-hybridized carbons (Fsp3) is 0.143. The van der Waals surface area contributed by atoms with E-state index in [0.717, 1.165) is 5.56 Å². The molecule has 0 fully saturated rings. The number of aromatic nitrogens is 1. The number of carbonyl (C=O) groups is 1.